The molecule has 2 aromatic heterocycles. The second kappa shape index (κ2) is 5.62. The lowest BCUT2D eigenvalue weighted by Crippen LogP contribution is -2.32. The van der Waals surface area contributed by atoms with Crippen LogP contribution in [-0.2, 0) is 19.4 Å². The van der Waals surface area contributed by atoms with E-state index in [0.29, 0.717) is 18.9 Å². The van der Waals surface area contributed by atoms with E-state index in [4.69, 9.17) is 9.15 Å². The largest absolute Gasteiger partial charge is 0.473 e. The molecule has 0 spiro atoms. The van der Waals surface area contributed by atoms with Crippen LogP contribution < -0.4 is 15.3 Å². The Morgan fingerprint density at radius 1 is 1.00 bits per heavy atom. The van der Waals surface area contributed by atoms with Crippen molar-refractivity contribution in [1.82, 2.24) is 4.98 Å². The molecule has 0 saturated heterocycles. The van der Waals surface area contributed by atoms with Crippen LogP contribution in [0.15, 0.2) is 45.7 Å². The lowest BCUT2D eigenvalue weighted by Gasteiger charge is -2.30. The first-order chi connectivity index (χ1) is 12.3. The van der Waals surface area contributed by atoms with Crippen LogP contribution in [0.3, 0.4) is 0 Å². The van der Waals surface area contributed by atoms with Crippen molar-refractivity contribution in [3.05, 3.63) is 63.6 Å². The average molecular weight is 334 g/mol. The molecule has 0 saturated carbocycles. The van der Waals surface area contributed by atoms with Gasteiger partial charge in [0.15, 0.2) is 6.73 Å². The van der Waals surface area contributed by atoms with E-state index in [0.717, 1.165) is 59.3 Å². The molecular weight excluding hydrogens is 316 g/mol. The highest BCUT2D eigenvalue weighted by Crippen LogP contribution is 2.36. The second-order valence-electron chi connectivity index (χ2n) is 6.63. The SMILES string of the molecule is O=c1oc2c3c(ccc2c2c1CCCC2)OCN(c1ccccn1)C3. The van der Waals surface area contributed by atoms with Crippen LogP contribution in [0.4, 0.5) is 5.82 Å². The van der Waals surface area contributed by atoms with Crippen molar-refractivity contribution < 1.29 is 9.15 Å². The molecule has 0 amide bonds. The van der Waals surface area contributed by atoms with Crippen LogP contribution in [0.2, 0.25) is 0 Å². The Morgan fingerprint density at radius 2 is 1.88 bits per heavy atom. The standard InChI is InChI=1S/C20H18N2O3/c23-20-15-6-2-1-5-13(15)14-8-9-17-16(19(14)25-20)11-22(12-24-17)18-7-3-4-10-21-18/h3-4,7-10H,1-2,5-6,11-12H2. The maximum Gasteiger partial charge on any atom is 0.339 e. The van der Waals surface area contributed by atoms with Gasteiger partial charge in [-0.15, -0.1) is 0 Å². The summed E-state index contributed by atoms with van der Waals surface area (Å²) in [6.45, 7) is 1.05. The maximum atomic E-state index is 12.5. The zero-order valence-electron chi connectivity index (χ0n) is 13.8. The van der Waals surface area contributed by atoms with Crippen LogP contribution in [0.1, 0.15) is 29.5 Å². The summed E-state index contributed by atoms with van der Waals surface area (Å²) >= 11 is 0. The topological polar surface area (TPSA) is 55.6 Å². The van der Waals surface area contributed by atoms with Gasteiger partial charge in [-0.25, -0.2) is 9.78 Å². The molecule has 0 N–H and O–H groups in total. The molecule has 1 aromatic carbocycles. The van der Waals surface area contributed by atoms with E-state index < -0.39 is 0 Å². The molecule has 0 bridgehead atoms. The molecule has 5 nitrogen and oxygen atoms in total. The van der Waals surface area contributed by atoms with Crippen molar-refractivity contribution in [2.75, 3.05) is 11.6 Å². The van der Waals surface area contributed by atoms with Gasteiger partial charge in [0, 0.05) is 17.1 Å². The highest BCUT2D eigenvalue weighted by molar-refractivity contribution is 5.86. The summed E-state index contributed by atoms with van der Waals surface area (Å²) in [5.41, 5.74) is 3.43. The lowest BCUT2D eigenvalue weighted by molar-refractivity contribution is 0.288. The van der Waals surface area contributed by atoms with Gasteiger partial charge in [-0.1, -0.05) is 6.07 Å². The van der Waals surface area contributed by atoms with E-state index in [9.17, 15) is 4.79 Å². The Bertz CT molecular complexity index is 1010. The van der Waals surface area contributed by atoms with Crippen LogP contribution in [0.5, 0.6) is 5.75 Å². The fourth-order valence-corrected chi connectivity index (χ4v) is 3.90. The zero-order chi connectivity index (χ0) is 16.8. The van der Waals surface area contributed by atoms with Crippen molar-refractivity contribution >= 4 is 16.8 Å². The number of ether oxygens (including phenoxy) is 1. The monoisotopic (exact) mass is 334 g/mol. The van der Waals surface area contributed by atoms with Gasteiger partial charge < -0.3 is 14.1 Å². The molecule has 5 heteroatoms. The molecule has 0 fully saturated rings. The summed E-state index contributed by atoms with van der Waals surface area (Å²) in [5.74, 6) is 1.64. The first kappa shape index (κ1) is 14.5. The summed E-state index contributed by atoms with van der Waals surface area (Å²) in [7, 11) is 0. The van der Waals surface area contributed by atoms with Gasteiger partial charge in [0.2, 0.25) is 0 Å². The molecule has 25 heavy (non-hydrogen) atoms. The molecule has 3 heterocycles. The van der Waals surface area contributed by atoms with Gasteiger partial charge in [-0.05, 0) is 55.5 Å². The number of aryl methyl sites for hydroxylation is 1. The Kier molecular flexibility index (Phi) is 3.26. The number of rotatable bonds is 1. The van der Waals surface area contributed by atoms with Crippen molar-refractivity contribution in [2.45, 2.75) is 32.2 Å². The van der Waals surface area contributed by atoms with Gasteiger partial charge in [-0.2, -0.15) is 0 Å². The van der Waals surface area contributed by atoms with Crippen molar-refractivity contribution in [2.24, 2.45) is 0 Å². The molecule has 0 unspecified atom stereocenters. The highest BCUT2D eigenvalue weighted by Gasteiger charge is 2.25. The normalized spacial score (nSPS) is 16.2. The first-order valence-corrected chi connectivity index (χ1v) is 8.70. The number of hydrogen-bond acceptors (Lipinski definition) is 5. The van der Waals surface area contributed by atoms with Crippen molar-refractivity contribution in [3.8, 4) is 5.75 Å². The smallest absolute Gasteiger partial charge is 0.339 e. The van der Waals surface area contributed by atoms with E-state index in [1.54, 1.807) is 6.20 Å². The Morgan fingerprint density at radius 3 is 2.72 bits per heavy atom. The molecule has 2 aliphatic rings. The third-order valence-electron chi connectivity index (χ3n) is 5.15. The lowest BCUT2D eigenvalue weighted by atomic mass is 9.90. The third kappa shape index (κ3) is 2.30. The Balaban J connectivity index is 1.67. The minimum Gasteiger partial charge on any atom is -0.473 e. The number of nitrogens with zero attached hydrogens (tertiary/aromatic N) is 2. The predicted octanol–water partition coefficient (Wildman–Crippen LogP) is 3.42. The Hall–Kier alpha value is -2.82. The van der Waals surface area contributed by atoms with Crippen LogP contribution in [-0.4, -0.2) is 11.7 Å². The molecule has 0 radical (unpaired) electrons. The number of anilines is 1. The predicted molar refractivity (Wildman–Crippen MR) is 95.0 cm³/mol. The number of pyridine rings is 1. The summed E-state index contributed by atoms with van der Waals surface area (Å²) in [4.78, 5) is 18.9. The van der Waals surface area contributed by atoms with E-state index >= 15 is 0 Å². The average Bonchev–Trinajstić information content (AvgIpc) is 2.68. The number of fused-ring (bicyclic) bond motifs is 5. The molecule has 1 aliphatic carbocycles. The summed E-state index contributed by atoms with van der Waals surface area (Å²) < 4.78 is 11.7. The molecule has 5 rings (SSSR count). The number of benzene rings is 1. The quantitative estimate of drug-likeness (QED) is 0.638. The highest BCUT2D eigenvalue weighted by atomic mass is 16.5. The van der Waals surface area contributed by atoms with Gasteiger partial charge in [-0.3, -0.25) is 0 Å². The minimum absolute atomic E-state index is 0.189. The van der Waals surface area contributed by atoms with Gasteiger partial charge in [0.25, 0.3) is 0 Å². The Labute approximate surface area is 144 Å². The molecule has 0 atom stereocenters. The van der Waals surface area contributed by atoms with E-state index in [-0.39, 0.29) is 5.63 Å². The molecule has 3 aromatic rings. The van der Waals surface area contributed by atoms with E-state index in [1.807, 2.05) is 35.2 Å². The first-order valence-electron chi connectivity index (χ1n) is 8.70. The minimum atomic E-state index is -0.189. The molecule has 126 valence electrons. The van der Waals surface area contributed by atoms with Crippen LogP contribution >= 0.6 is 0 Å². The zero-order valence-corrected chi connectivity index (χ0v) is 13.8. The summed E-state index contributed by atoms with van der Waals surface area (Å²) in [5, 5.41) is 1.06. The van der Waals surface area contributed by atoms with Crippen molar-refractivity contribution in [1.29, 1.82) is 0 Å². The van der Waals surface area contributed by atoms with Gasteiger partial charge in [0.05, 0.1) is 12.1 Å². The number of aromatic nitrogens is 1. The molecular formula is C20H18N2O3. The van der Waals surface area contributed by atoms with Gasteiger partial charge >= 0.3 is 5.63 Å². The van der Waals surface area contributed by atoms with E-state index in [2.05, 4.69) is 4.98 Å². The van der Waals surface area contributed by atoms with Crippen molar-refractivity contribution in [3.63, 3.8) is 0 Å². The summed E-state index contributed by atoms with van der Waals surface area (Å²) in [6, 6.07) is 9.85. The summed E-state index contributed by atoms with van der Waals surface area (Å²) in [6.07, 6.45) is 5.72. The van der Waals surface area contributed by atoms with Crippen LogP contribution in [0, 0.1) is 0 Å². The third-order valence-corrected chi connectivity index (χ3v) is 5.15. The maximum absolute atomic E-state index is 12.5. The second-order valence-corrected chi connectivity index (χ2v) is 6.63. The fourth-order valence-electron chi connectivity index (χ4n) is 3.90. The van der Waals surface area contributed by atoms with Crippen LogP contribution in [0.25, 0.3) is 11.0 Å². The van der Waals surface area contributed by atoms with Gasteiger partial charge in [0.1, 0.15) is 17.2 Å². The van der Waals surface area contributed by atoms with E-state index in [1.165, 1.54) is 0 Å². The number of hydrogen-bond donors (Lipinski definition) is 0. The fraction of sp³-hybridized carbons (Fsp3) is 0.300. The molecule has 1 aliphatic heterocycles.